The van der Waals surface area contributed by atoms with Crippen molar-refractivity contribution >= 4 is 34.8 Å². The standard InChI is InChI=1S/C10H11Cl3O2/c1-5(11)10(14)6-3-8(13)9(15-2)4-7(6)12/h3-5,10,14H,1-2H3. The van der Waals surface area contributed by atoms with Gasteiger partial charge in [0.15, 0.2) is 0 Å². The quantitative estimate of drug-likeness (QED) is 0.849. The first-order valence-corrected chi connectivity index (χ1v) is 5.51. The van der Waals surface area contributed by atoms with Crippen LogP contribution >= 0.6 is 34.8 Å². The van der Waals surface area contributed by atoms with Crippen LogP contribution in [0.2, 0.25) is 10.0 Å². The molecule has 0 bridgehead atoms. The third-order valence-electron chi connectivity index (χ3n) is 2.02. The smallest absolute Gasteiger partial charge is 0.138 e. The lowest BCUT2D eigenvalue weighted by Gasteiger charge is -2.16. The molecule has 0 fully saturated rings. The zero-order valence-corrected chi connectivity index (χ0v) is 10.6. The van der Waals surface area contributed by atoms with Gasteiger partial charge in [0.1, 0.15) is 5.75 Å². The van der Waals surface area contributed by atoms with E-state index in [1.807, 2.05) is 0 Å². The van der Waals surface area contributed by atoms with E-state index < -0.39 is 11.5 Å². The maximum Gasteiger partial charge on any atom is 0.138 e. The monoisotopic (exact) mass is 268 g/mol. The number of halogens is 3. The van der Waals surface area contributed by atoms with Gasteiger partial charge in [0.25, 0.3) is 0 Å². The Morgan fingerprint density at radius 2 is 1.87 bits per heavy atom. The van der Waals surface area contributed by atoms with E-state index in [0.29, 0.717) is 21.4 Å². The van der Waals surface area contributed by atoms with Crippen molar-refractivity contribution < 1.29 is 9.84 Å². The SMILES string of the molecule is COc1cc(Cl)c(C(O)C(C)Cl)cc1Cl. The van der Waals surface area contributed by atoms with Crippen molar-refractivity contribution in [2.45, 2.75) is 18.4 Å². The van der Waals surface area contributed by atoms with E-state index in [9.17, 15) is 5.11 Å². The minimum absolute atomic E-state index is 0.385. The Balaban J connectivity index is 3.15. The van der Waals surface area contributed by atoms with Gasteiger partial charge in [-0.15, -0.1) is 11.6 Å². The first kappa shape index (κ1) is 12.9. The van der Waals surface area contributed by atoms with E-state index in [1.54, 1.807) is 19.1 Å². The summed E-state index contributed by atoms with van der Waals surface area (Å²) in [6, 6.07) is 3.12. The Bertz CT molecular complexity index is 353. The number of benzene rings is 1. The molecule has 2 nitrogen and oxygen atoms in total. The van der Waals surface area contributed by atoms with Gasteiger partial charge in [0.05, 0.1) is 28.6 Å². The Labute approximate surface area is 104 Å². The van der Waals surface area contributed by atoms with Crippen molar-refractivity contribution in [3.8, 4) is 5.75 Å². The third-order valence-corrected chi connectivity index (χ3v) is 2.89. The van der Waals surface area contributed by atoms with E-state index in [-0.39, 0.29) is 0 Å². The second kappa shape index (κ2) is 5.26. The lowest BCUT2D eigenvalue weighted by Crippen LogP contribution is -2.09. The molecule has 0 aromatic heterocycles. The first-order chi connectivity index (χ1) is 6.97. The minimum atomic E-state index is -0.845. The van der Waals surface area contributed by atoms with E-state index in [1.165, 1.54) is 7.11 Å². The Morgan fingerprint density at radius 3 is 2.33 bits per heavy atom. The highest BCUT2D eigenvalue weighted by atomic mass is 35.5. The van der Waals surface area contributed by atoms with Crippen LogP contribution in [0.15, 0.2) is 12.1 Å². The van der Waals surface area contributed by atoms with E-state index in [0.717, 1.165) is 0 Å². The number of hydrogen-bond donors (Lipinski definition) is 1. The molecule has 84 valence electrons. The average Bonchev–Trinajstić information content (AvgIpc) is 2.19. The second-order valence-corrected chi connectivity index (χ2v) is 4.63. The molecule has 5 heteroatoms. The molecule has 0 heterocycles. The molecule has 1 rings (SSSR count). The maximum atomic E-state index is 9.75. The molecule has 0 aliphatic carbocycles. The zero-order valence-electron chi connectivity index (χ0n) is 8.30. The number of rotatable bonds is 3. The van der Waals surface area contributed by atoms with Crippen molar-refractivity contribution in [1.82, 2.24) is 0 Å². The fourth-order valence-electron chi connectivity index (χ4n) is 1.17. The van der Waals surface area contributed by atoms with Gasteiger partial charge in [-0.1, -0.05) is 23.2 Å². The van der Waals surface area contributed by atoms with Crippen LogP contribution in [-0.4, -0.2) is 17.6 Å². The van der Waals surface area contributed by atoms with Crippen molar-refractivity contribution in [3.05, 3.63) is 27.7 Å². The third kappa shape index (κ3) is 2.91. The summed E-state index contributed by atoms with van der Waals surface area (Å²) in [4.78, 5) is 0. The molecule has 1 aromatic carbocycles. The van der Waals surface area contributed by atoms with Gasteiger partial charge in [-0.3, -0.25) is 0 Å². The number of ether oxygens (including phenoxy) is 1. The number of alkyl halides is 1. The van der Waals surface area contributed by atoms with Crippen LogP contribution in [0.4, 0.5) is 0 Å². The second-order valence-electron chi connectivity index (χ2n) is 3.13. The van der Waals surface area contributed by atoms with Gasteiger partial charge in [0.2, 0.25) is 0 Å². The molecule has 0 saturated heterocycles. The van der Waals surface area contributed by atoms with Crippen LogP contribution in [0.3, 0.4) is 0 Å². The summed E-state index contributed by atoms with van der Waals surface area (Å²) in [5.74, 6) is 0.472. The summed E-state index contributed by atoms with van der Waals surface area (Å²) in [6.45, 7) is 1.68. The fourth-order valence-corrected chi connectivity index (χ4v) is 1.82. The molecule has 1 aromatic rings. The van der Waals surface area contributed by atoms with Gasteiger partial charge in [-0.05, 0) is 13.0 Å². The molecular weight excluding hydrogens is 258 g/mol. The van der Waals surface area contributed by atoms with Crippen LogP contribution in [0.25, 0.3) is 0 Å². The Morgan fingerprint density at radius 1 is 1.27 bits per heavy atom. The van der Waals surface area contributed by atoms with Crippen LogP contribution in [0, 0.1) is 0 Å². The maximum absolute atomic E-state index is 9.75. The highest BCUT2D eigenvalue weighted by Gasteiger charge is 2.19. The highest BCUT2D eigenvalue weighted by molar-refractivity contribution is 6.35. The lowest BCUT2D eigenvalue weighted by atomic mass is 10.1. The molecule has 0 amide bonds. The van der Waals surface area contributed by atoms with Gasteiger partial charge >= 0.3 is 0 Å². The predicted molar refractivity (Wildman–Crippen MR) is 63.3 cm³/mol. The lowest BCUT2D eigenvalue weighted by molar-refractivity contribution is 0.177. The molecular formula is C10H11Cl3O2. The Hall–Kier alpha value is -0.150. The van der Waals surface area contributed by atoms with E-state index in [2.05, 4.69) is 0 Å². The predicted octanol–water partition coefficient (Wildman–Crippen LogP) is 3.66. The summed E-state index contributed by atoms with van der Waals surface area (Å²) >= 11 is 17.7. The summed E-state index contributed by atoms with van der Waals surface area (Å²) in [5, 5.41) is 10.1. The fraction of sp³-hybridized carbons (Fsp3) is 0.400. The van der Waals surface area contributed by atoms with Gasteiger partial charge in [-0.2, -0.15) is 0 Å². The van der Waals surface area contributed by atoms with Crippen molar-refractivity contribution in [1.29, 1.82) is 0 Å². The number of methoxy groups -OCH3 is 1. The molecule has 0 saturated carbocycles. The largest absolute Gasteiger partial charge is 0.495 e. The van der Waals surface area contributed by atoms with E-state index in [4.69, 9.17) is 39.5 Å². The Kier molecular flexibility index (Phi) is 4.53. The van der Waals surface area contributed by atoms with Crippen molar-refractivity contribution in [2.24, 2.45) is 0 Å². The molecule has 2 atom stereocenters. The molecule has 0 spiro atoms. The molecule has 15 heavy (non-hydrogen) atoms. The van der Waals surface area contributed by atoms with Crippen LogP contribution < -0.4 is 4.74 Å². The van der Waals surface area contributed by atoms with Crippen LogP contribution in [0.5, 0.6) is 5.75 Å². The van der Waals surface area contributed by atoms with Crippen molar-refractivity contribution in [2.75, 3.05) is 7.11 Å². The number of aliphatic hydroxyl groups excluding tert-OH is 1. The zero-order chi connectivity index (χ0) is 11.6. The topological polar surface area (TPSA) is 29.5 Å². The molecule has 0 radical (unpaired) electrons. The summed E-state index contributed by atoms with van der Waals surface area (Å²) in [7, 11) is 1.50. The highest BCUT2D eigenvalue weighted by Crippen LogP contribution is 2.35. The molecule has 1 N–H and O–H groups in total. The summed E-state index contributed by atoms with van der Waals surface area (Å²) < 4.78 is 4.99. The first-order valence-electron chi connectivity index (χ1n) is 4.32. The van der Waals surface area contributed by atoms with Gasteiger partial charge in [0, 0.05) is 11.6 Å². The van der Waals surface area contributed by atoms with Gasteiger partial charge < -0.3 is 9.84 Å². The van der Waals surface area contributed by atoms with Crippen molar-refractivity contribution in [3.63, 3.8) is 0 Å². The van der Waals surface area contributed by atoms with Gasteiger partial charge in [-0.25, -0.2) is 0 Å². The molecule has 0 aliphatic rings. The number of hydrogen-bond acceptors (Lipinski definition) is 2. The summed E-state index contributed by atoms with van der Waals surface area (Å²) in [5.41, 5.74) is 0.505. The average molecular weight is 270 g/mol. The molecule has 0 aliphatic heterocycles. The number of aliphatic hydroxyl groups is 1. The van der Waals surface area contributed by atoms with Crippen LogP contribution in [-0.2, 0) is 0 Å². The minimum Gasteiger partial charge on any atom is -0.495 e. The normalized spacial score (nSPS) is 14.8. The summed E-state index contributed by atoms with van der Waals surface area (Å²) in [6.07, 6.45) is -0.845. The van der Waals surface area contributed by atoms with Crippen LogP contribution in [0.1, 0.15) is 18.6 Å². The van der Waals surface area contributed by atoms with E-state index >= 15 is 0 Å². The molecule has 2 unspecified atom stereocenters.